The molecule has 1 aromatic carbocycles. The van der Waals surface area contributed by atoms with Crippen molar-refractivity contribution in [3.05, 3.63) is 60.7 Å². The van der Waals surface area contributed by atoms with Crippen LogP contribution in [0.3, 0.4) is 0 Å². The number of carbonyl (C=O) groups excluding carboxylic acids is 1. The molecule has 5 rings (SSSR count). The van der Waals surface area contributed by atoms with Gasteiger partial charge in [-0.25, -0.2) is 8.78 Å². The summed E-state index contributed by atoms with van der Waals surface area (Å²) in [6.07, 6.45) is 5.82. The van der Waals surface area contributed by atoms with Crippen LogP contribution in [0.4, 0.5) is 8.78 Å². The molecular weight excluding hydrogens is 645 g/mol. The minimum absolute atomic E-state index is 0.0434. The van der Waals surface area contributed by atoms with Crippen molar-refractivity contribution in [3.8, 4) is 0 Å². The van der Waals surface area contributed by atoms with Gasteiger partial charge in [-0.3, -0.25) is 9.59 Å². The van der Waals surface area contributed by atoms with Gasteiger partial charge in [0.15, 0.2) is 0 Å². The number of aromatic amines is 1. The summed E-state index contributed by atoms with van der Waals surface area (Å²) < 4.78 is 29.9. The van der Waals surface area contributed by atoms with Crippen molar-refractivity contribution in [1.29, 1.82) is 0 Å². The number of hydrogen-bond acceptors (Lipinski definition) is 4. The molecule has 0 aliphatic heterocycles. The van der Waals surface area contributed by atoms with E-state index in [4.69, 9.17) is 0 Å². The number of aromatic nitrogens is 2. The lowest BCUT2D eigenvalue weighted by Crippen LogP contribution is -2.52. The molecule has 3 N–H and O–H groups in total. The Kier molecular flexibility index (Phi) is 8.69. The fourth-order valence-corrected chi connectivity index (χ4v) is 7.79. The third-order valence-electron chi connectivity index (χ3n) is 8.74. The van der Waals surface area contributed by atoms with Crippen LogP contribution in [-0.2, 0) is 6.54 Å². The summed E-state index contributed by atoms with van der Waals surface area (Å²) >= 11 is 3.80. The molecule has 6 nitrogen and oxygen atoms in total. The van der Waals surface area contributed by atoms with Crippen LogP contribution in [-0.4, -0.2) is 39.7 Å². The number of benzene rings is 1. The molecule has 2 fully saturated rings. The highest BCUT2D eigenvalue weighted by molar-refractivity contribution is 14.1. The fourth-order valence-electron chi connectivity index (χ4n) is 6.61. The molecule has 1 atom stereocenters. The van der Waals surface area contributed by atoms with Crippen molar-refractivity contribution < 1.29 is 13.6 Å². The third kappa shape index (κ3) is 5.99. The average Bonchev–Trinajstić information content (AvgIpc) is 3.17. The number of pyridine rings is 1. The summed E-state index contributed by atoms with van der Waals surface area (Å²) in [6, 6.07) is 8.52. The highest BCUT2D eigenvalue weighted by Crippen LogP contribution is 2.41. The molecule has 3 aromatic rings. The van der Waals surface area contributed by atoms with E-state index in [0.29, 0.717) is 23.1 Å². The SMILES string of the molecule is CSc1cc(C)[nH]c(=O)c1CNC(=O)c1c(C)n([C@H](C)C2CCC(NC3CC(F)(F)C3)CC2)c2cc(I)ccc12. The quantitative estimate of drug-likeness (QED) is 0.183. The third-order valence-corrected chi connectivity index (χ3v) is 10.2. The van der Waals surface area contributed by atoms with E-state index >= 15 is 0 Å². The lowest BCUT2D eigenvalue weighted by atomic mass is 9.80. The normalized spacial score (nSPS) is 21.8. The second kappa shape index (κ2) is 11.8. The standard InChI is InChI=1S/C30H37F2IN4O2S/c1-16-11-26(40-4)24(28(38)35-16)15-34-29(39)27-18(3)37(25-12-20(33)7-10-23(25)27)17(2)19-5-8-21(9-6-19)36-22-13-30(31,32)14-22/h7,10-12,17,19,21-22,36H,5-6,8-9,13-15H2,1-4H3,(H,34,39)(H,35,38)/t17-,19?,21?/m1/s1. The summed E-state index contributed by atoms with van der Waals surface area (Å²) in [6.45, 7) is 6.24. The first-order valence-electron chi connectivity index (χ1n) is 14.0. The highest BCUT2D eigenvalue weighted by atomic mass is 127. The first-order valence-corrected chi connectivity index (χ1v) is 16.3. The smallest absolute Gasteiger partial charge is 0.254 e. The Morgan fingerprint density at radius 1 is 1.18 bits per heavy atom. The number of carbonyl (C=O) groups is 1. The Bertz CT molecular complexity index is 1470. The molecule has 0 spiro atoms. The van der Waals surface area contributed by atoms with Gasteiger partial charge in [0, 0.05) is 68.3 Å². The zero-order valence-electron chi connectivity index (χ0n) is 23.4. The maximum Gasteiger partial charge on any atom is 0.254 e. The lowest BCUT2D eigenvalue weighted by molar-refractivity contribution is -0.0957. The number of hydrogen-bond donors (Lipinski definition) is 3. The number of alkyl halides is 2. The second-order valence-electron chi connectivity index (χ2n) is 11.5. The number of nitrogens with zero attached hydrogens (tertiary/aromatic N) is 1. The van der Waals surface area contributed by atoms with E-state index in [0.717, 1.165) is 56.4 Å². The zero-order valence-corrected chi connectivity index (χ0v) is 26.3. The molecule has 0 bridgehead atoms. The Morgan fingerprint density at radius 2 is 1.88 bits per heavy atom. The topological polar surface area (TPSA) is 78.9 Å². The molecule has 10 heteroatoms. The first-order chi connectivity index (χ1) is 19.0. The summed E-state index contributed by atoms with van der Waals surface area (Å²) in [5.74, 6) is -2.25. The minimum Gasteiger partial charge on any atom is -0.348 e. The fraction of sp³-hybridized carbons (Fsp3) is 0.533. The maximum atomic E-state index is 13.6. The Labute approximate surface area is 251 Å². The molecule has 40 heavy (non-hydrogen) atoms. The van der Waals surface area contributed by atoms with Gasteiger partial charge in [0.2, 0.25) is 0 Å². The number of rotatable bonds is 8. The van der Waals surface area contributed by atoms with Crippen LogP contribution in [0.15, 0.2) is 34.0 Å². The number of thioether (sulfide) groups is 1. The molecule has 1 amide bonds. The van der Waals surface area contributed by atoms with E-state index in [-0.39, 0.29) is 42.9 Å². The van der Waals surface area contributed by atoms with Crippen LogP contribution >= 0.6 is 34.4 Å². The van der Waals surface area contributed by atoms with Crippen LogP contribution < -0.4 is 16.2 Å². The van der Waals surface area contributed by atoms with Crippen molar-refractivity contribution in [1.82, 2.24) is 20.2 Å². The zero-order chi connectivity index (χ0) is 28.8. The monoisotopic (exact) mass is 682 g/mol. The Balaban J connectivity index is 1.35. The van der Waals surface area contributed by atoms with E-state index in [9.17, 15) is 18.4 Å². The molecule has 2 saturated carbocycles. The van der Waals surface area contributed by atoms with E-state index in [2.05, 4.69) is 55.8 Å². The van der Waals surface area contributed by atoms with Crippen molar-refractivity contribution in [2.24, 2.45) is 5.92 Å². The van der Waals surface area contributed by atoms with Crippen molar-refractivity contribution in [2.45, 2.75) is 94.8 Å². The lowest BCUT2D eigenvalue weighted by Gasteiger charge is -2.41. The van der Waals surface area contributed by atoms with Gasteiger partial charge >= 0.3 is 0 Å². The number of halogens is 3. The number of amides is 1. The Hall–Kier alpha value is -1.92. The molecule has 0 unspecified atom stereocenters. The van der Waals surface area contributed by atoms with Gasteiger partial charge in [0.1, 0.15) is 0 Å². The van der Waals surface area contributed by atoms with Crippen LogP contribution in [0.5, 0.6) is 0 Å². The average molecular weight is 683 g/mol. The molecule has 216 valence electrons. The van der Waals surface area contributed by atoms with Crippen molar-refractivity contribution in [2.75, 3.05) is 6.26 Å². The summed E-state index contributed by atoms with van der Waals surface area (Å²) in [5.41, 5.74) is 3.78. The van der Waals surface area contributed by atoms with Gasteiger partial charge in [-0.05, 0) is 99.4 Å². The van der Waals surface area contributed by atoms with Crippen LogP contribution in [0.2, 0.25) is 0 Å². The Morgan fingerprint density at radius 3 is 2.52 bits per heavy atom. The van der Waals surface area contributed by atoms with Gasteiger partial charge in [0.05, 0.1) is 11.1 Å². The number of fused-ring (bicyclic) bond motifs is 1. The largest absolute Gasteiger partial charge is 0.348 e. The molecule has 2 heterocycles. The highest BCUT2D eigenvalue weighted by Gasteiger charge is 2.46. The van der Waals surface area contributed by atoms with Crippen LogP contribution in [0, 0.1) is 23.3 Å². The molecule has 0 saturated heterocycles. The van der Waals surface area contributed by atoms with Crippen LogP contribution in [0.25, 0.3) is 10.9 Å². The van der Waals surface area contributed by atoms with E-state index in [1.165, 1.54) is 11.8 Å². The minimum atomic E-state index is -2.50. The van der Waals surface area contributed by atoms with Gasteiger partial charge in [0.25, 0.3) is 17.4 Å². The van der Waals surface area contributed by atoms with E-state index in [1.54, 1.807) is 0 Å². The summed E-state index contributed by atoms with van der Waals surface area (Å²) in [5, 5.41) is 7.38. The van der Waals surface area contributed by atoms with Gasteiger partial charge in [-0.15, -0.1) is 11.8 Å². The molecule has 0 radical (unpaired) electrons. The van der Waals surface area contributed by atoms with Gasteiger partial charge < -0.3 is 20.2 Å². The van der Waals surface area contributed by atoms with E-state index in [1.807, 2.05) is 38.3 Å². The summed E-state index contributed by atoms with van der Waals surface area (Å²) in [7, 11) is 0. The van der Waals surface area contributed by atoms with Crippen molar-refractivity contribution >= 4 is 51.2 Å². The summed E-state index contributed by atoms with van der Waals surface area (Å²) in [4.78, 5) is 30.0. The molecule has 2 aliphatic carbocycles. The van der Waals surface area contributed by atoms with Crippen molar-refractivity contribution in [3.63, 3.8) is 0 Å². The maximum absolute atomic E-state index is 13.6. The van der Waals surface area contributed by atoms with Gasteiger partial charge in [-0.1, -0.05) is 6.07 Å². The van der Waals surface area contributed by atoms with E-state index < -0.39 is 5.92 Å². The predicted molar refractivity (Wildman–Crippen MR) is 166 cm³/mol. The predicted octanol–water partition coefficient (Wildman–Crippen LogP) is 6.71. The van der Waals surface area contributed by atoms with Gasteiger partial charge in [-0.2, -0.15) is 0 Å². The number of aryl methyl sites for hydroxylation is 1. The molecule has 2 aliphatic rings. The molecular formula is C30H37F2IN4O2S. The number of H-pyrrole nitrogens is 1. The van der Waals surface area contributed by atoms with Crippen LogP contribution in [0.1, 0.15) is 78.8 Å². The molecule has 2 aromatic heterocycles. The number of nitrogens with one attached hydrogen (secondary N) is 3. The first kappa shape index (κ1) is 29.6. The second-order valence-corrected chi connectivity index (χ2v) is 13.6.